The molecule has 0 aliphatic heterocycles. The van der Waals surface area contributed by atoms with Gasteiger partial charge in [0.2, 0.25) is 0 Å². The Balaban J connectivity index is 3.07. The number of hydrogen-bond donors (Lipinski definition) is 1. The Labute approximate surface area is 91.5 Å². The smallest absolute Gasteiger partial charge is 0.257 e. The van der Waals surface area contributed by atoms with Crippen LogP contribution in [-0.2, 0) is 7.05 Å². The number of halogens is 1. The van der Waals surface area contributed by atoms with Crippen LogP contribution in [-0.4, -0.2) is 9.67 Å². The van der Waals surface area contributed by atoms with Gasteiger partial charge in [-0.25, -0.2) is 0 Å². The highest BCUT2D eigenvalue weighted by Crippen LogP contribution is 2.27. The number of benzene rings is 1. The maximum absolute atomic E-state index is 11.7. The van der Waals surface area contributed by atoms with Crippen LogP contribution < -0.4 is 5.56 Å². The van der Waals surface area contributed by atoms with Gasteiger partial charge in [0.1, 0.15) is 5.75 Å². The minimum Gasteiger partial charge on any atom is -0.507 e. The van der Waals surface area contributed by atoms with Crippen molar-refractivity contribution in [3.8, 4) is 5.75 Å². The average Bonchev–Trinajstić information content (AvgIpc) is 2.23. The van der Waals surface area contributed by atoms with Crippen molar-refractivity contribution in [1.29, 1.82) is 0 Å². The Kier molecular flexibility index (Phi) is 2.20. The highest BCUT2D eigenvalue weighted by molar-refractivity contribution is 6.31. The molecule has 1 N–H and O–H groups in total. The van der Waals surface area contributed by atoms with Crippen LogP contribution in [0.1, 0.15) is 5.56 Å². The number of pyridine rings is 1. The van der Waals surface area contributed by atoms with Crippen molar-refractivity contribution in [2.45, 2.75) is 6.92 Å². The van der Waals surface area contributed by atoms with E-state index in [1.165, 1.54) is 4.57 Å². The lowest BCUT2D eigenvalue weighted by Gasteiger charge is -2.09. The molecular weight excluding hydrogens is 214 g/mol. The van der Waals surface area contributed by atoms with Crippen LogP contribution >= 0.6 is 11.6 Å². The predicted octanol–water partition coefficient (Wildman–Crippen LogP) is 2.21. The van der Waals surface area contributed by atoms with Gasteiger partial charge in [0.25, 0.3) is 5.56 Å². The van der Waals surface area contributed by atoms with Gasteiger partial charge < -0.3 is 9.67 Å². The monoisotopic (exact) mass is 223 g/mol. The van der Waals surface area contributed by atoms with Crippen molar-refractivity contribution in [3.05, 3.63) is 39.1 Å². The molecule has 2 aromatic rings. The molecule has 0 saturated heterocycles. The molecule has 1 aromatic heterocycles. The summed E-state index contributed by atoms with van der Waals surface area (Å²) in [4.78, 5) is 11.7. The Morgan fingerprint density at radius 1 is 1.40 bits per heavy atom. The fraction of sp³-hybridized carbons (Fsp3) is 0.182. The second-order valence-corrected chi connectivity index (χ2v) is 3.94. The van der Waals surface area contributed by atoms with Gasteiger partial charge in [-0.2, -0.15) is 0 Å². The van der Waals surface area contributed by atoms with Crippen molar-refractivity contribution in [2.75, 3.05) is 0 Å². The number of fused-ring (bicyclic) bond motifs is 1. The highest BCUT2D eigenvalue weighted by Gasteiger charge is 2.10. The molecule has 0 fully saturated rings. The molecular formula is C11H10ClNO2. The second-order valence-electron chi connectivity index (χ2n) is 3.50. The molecule has 0 unspecified atom stereocenters. The zero-order chi connectivity index (χ0) is 11.2. The first kappa shape index (κ1) is 10.1. The van der Waals surface area contributed by atoms with E-state index in [0.29, 0.717) is 21.5 Å². The van der Waals surface area contributed by atoms with E-state index in [-0.39, 0.29) is 11.3 Å². The third-order valence-corrected chi connectivity index (χ3v) is 2.79. The van der Waals surface area contributed by atoms with Crippen LogP contribution in [0.15, 0.2) is 23.0 Å². The normalized spacial score (nSPS) is 10.9. The Morgan fingerprint density at radius 2 is 2.07 bits per heavy atom. The molecule has 3 nitrogen and oxygen atoms in total. The molecule has 0 atom stereocenters. The van der Waals surface area contributed by atoms with Gasteiger partial charge in [0.05, 0.1) is 11.1 Å². The van der Waals surface area contributed by atoms with Crippen LogP contribution in [0.4, 0.5) is 0 Å². The molecule has 2 rings (SSSR count). The Morgan fingerprint density at radius 3 is 2.73 bits per heavy atom. The molecule has 1 aromatic carbocycles. The van der Waals surface area contributed by atoms with E-state index < -0.39 is 0 Å². The van der Waals surface area contributed by atoms with Crippen LogP contribution in [0.5, 0.6) is 5.75 Å². The van der Waals surface area contributed by atoms with Gasteiger partial charge in [-0.15, -0.1) is 0 Å². The number of hydrogen-bond acceptors (Lipinski definition) is 2. The van der Waals surface area contributed by atoms with Crippen molar-refractivity contribution < 1.29 is 5.11 Å². The number of aryl methyl sites for hydroxylation is 1. The van der Waals surface area contributed by atoms with Gasteiger partial charge in [0.15, 0.2) is 0 Å². The molecule has 78 valence electrons. The summed E-state index contributed by atoms with van der Waals surface area (Å²) in [6, 6.07) is 5.06. The van der Waals surface area contributed by atoms with E-state index in [4.69, 9.17) is 11.6 Å². The fourth-order valence-electron chi connectivity index (χ4n) is 1.65. The first-order valence-electron chi connectivity index (χ1n) is 4.50. The summed E-state index contributed by atoms with van der Waals surface area (Å²) >= 11 is 5.84. The van der Waals surface area contributed by atoms with E-state index in [9.17, 15) is 9.90 Å². The summed E-state index contributed by atoms with van der Waals surface area (Å²) in [6.07, 6.45) is 0. The van der Waals surface area contributed by atoms with Crippen molar-refractivity contribution >= 4 is 22.5 Å². The van der Waals surface area contributed by atoms with E-state index in [1.807, 2.05) is 0 Å². The SMILES string of the molecule is Cc1c(O)c2ccc(Cl)cc2n(C)c1=O. The van der Waals surface area contributed by atoms with Crippen LogP contribution in [0.3, 0.4) is 0 Å². The number of nitrogens with zero attached hydrogens (tertiary/aromatic N) is 1. The van der Waals surface area contributed by atoms with Gasteiger partial charge >= 0.3 is 0 Å². The molecule has 15 heavy (non-hydrogen) atoms. The number of aromatic nitrogens is 1. The summed E-state index contributed by atoms with van der Waals surface area (Å²) in [5.41, 5.74) is 0.783. The molecule has 0 amide bonds. The lowest BCUT2D eigenvalue weighted by atomic mass is 10.1. The minimum absolute atomic E-state index is 0.0322. The molecule has 0 saturated carbocycles. The van der Waals surface area contributed by atoms with Gasteiger partial charge in [-0.1, -0.05) is 11.6 Å². The fourth-order valence-corrected chi connectivity index (χ4v) is 1.81. The quantitative estimate of drug-likeness (QED) is 0.744. The first-order chi connectivity index (χ1) is 7.02. The van der Waals surface area contributed by atoms with Crippen molar-refractivity contribution in [1.82, 2.24) is 4.57 Å². The third-order valence-electron chi connectivity index (χ3n) is 2.56. The highest BCUT2D eigenvalue weighted by atomic mass is 35.5. The molecule has 4 heteroatoms. The van der Waals surface area contributed by atoms with Crippen molar-refractivity contribution in [3.63, 3.8) is 0 Å². The maximum atomic E-state index is 11.7. The molecule has 1 heterocycles. The summed E-state index contributed by atoms with van der Waals surface area (Å²) in [5, 5.41) is 11.0. The predicted molar refractivity (Wildman–Crippen MR) is 60.6 cm³/mol. The molecule has 0 spiro atoms. The van der Waals surface area contributed by atoms with E-state index in [1.54, 1.807) is 32.2 Å². The minimum atomic E-state index is -0.206. The number of aromatic hydroxyl groups is 1. The summed E-state index contributed by atoms with van der Waals surface area (Å²) in [5.74, 6) is 0.0322. The summed E-state index contributed by atoms with van der Waals surface area (Å²) < 4.78 is 1.48. The zero-order valence-electron chi connectivity index (χ0n) is 8.41. The second kappa shape index (κ2) is 3.28. The number of rotatable bonds is 0. The van der Waals surface area contributed by atoms with Gasteiger partial charge in [0, 0.05) is 17.5 Å². The first-order valence-corrected chi connectivity index (χ1v) is 4.88. The van der Waals surface area contributed by atoms with Crippen LogP contribution in [0, 0.1) is 6.92 Å². The third kappa shape index (κ3) is 1.39. The van der Waals surface area contributed by atoms with E-state index >= 15 is 0 Å². The van der Waals surface area contributed by atoms with Crippen LogP contribution in [0.25, 0.3) is 10.9 Å². The molecule has 0 radical (unpaired) electrons. The Hall–Kier alpha value is -1.48. The topological polar surface area (TPSA) is 42.2 Å². The van der Waals surface area contributed by atoms with Gasteiger partial charge in [-0.3, -0.25) is 4.79 Å². The molecule has 0 bridgehead atoms. The lowest BCUT2D eigenvalue weighted by molar-refractivity contribution is 0.475. The zero-order valence-corrected chi connectivity index (χ0v) is 9.17. The molecule has 0 aliphatic rings. The summed E-state index contributed by atoms with van der Waals surface area (Å²) in [6.45, 7) is 1.60. The van der Waals surface area contributed by atoms with Crippen LogP contribution in [0.2, 0.25) is 5.02 Å². The average molecular weight is 224 g/mol. The maximum Gasteiger partial charge on any atom is 0.257 e. The summed E-state index contributed by atoms with van der Waals surface area (Å²) in [7, 11) is 1.66. The van der Waals surface area contributed by atoms with E-state index in [0.717, 1.165) is 0 Å². The molecule has 0 aliphatic carbocycles. The van der Waals surface area contributed by atoms with Gasteiger partial charge in [-0.05, 0) is 25.1 Å². The Bertz CT molecular complexity index is 602. The largest absolute Gasteiger partial charge is 0.507 e. The lowest BCUT2D eigenvalue weighted by Crippen LogP contribution is -2.19. The standard InChI is InChI=1S/C11H10ClNO2/c1-6-10(14)8-4-3-7(12)5-9(8)13(2)11(6)15/h3-5,14H,1-2H3. The van der Waals surface area contributed by atoms with Crippen molar-refractivity contribution in [2.24, 2.45) is 7.05 Å². The van der Waals surface area contributed by atoms with E-state index in [2.05, 4.69) is 0 Å².